The molecule has 0 saturated carbocycles. The Morgan fingerprint density at radius 2 is 2.27 bits per heavy atom. The molecule has 0 aliphatic heterocycles. The molecule has 0 radical (unpaired) electrons. The summed E-state index contributed by atoms with van der Waals surface area (Å²) in [7, 11) is 1.34. The van der Waals surface area contributed by atoms with Gasteiger partial charge in [-0.3, -0.25) is 0 Å². The van der Waals surface area contributed by atoms with Crippen LogP contribution in [0.2, 0.25) is 0 Å². The standard InChI is InChI=1S/C9H8BrFO4/c1-14-7-3-5(10)2-6(11)9(7)15-4-8(12)13/h2-3H,4H2,1H3,(H,12,13). The molecule has 1 aromatic rings. The third kappa shape index (κ3) is 3.09. The first-order valence-corrected chi connectivity index (χ1v) is 4.71. The normalized spacial score (nSPS) is 9.80. The molecule has 0 amide bonds. The number of hydrogen-bond donors (Lipinski definition) is 1. The number of hydrogen-bond acceptors (Lipinski definition) is 3. The molecule has 0 unspecified atom stereocenters. The summed E-state index contributed by atoms with van der Waals surface area (Å²) >= 11 is 3.08. The van der Waals surface area contributed by atoms with Gasteiger partial charge in [-0.2, -0.15) is 0 Å². The second-order valence-electron chi connectivity index (χ2n) is 2.60. The molecule has 0 atom stereocenters. The topological polar surface area (TPSA) is 55.8 Å². The van der Waals surface area contributed by atoms with Gasteiger partial charge >= 0.3 is 5.97 Å². The van der Waals surface area contributed by atoms with Gasteiger partial charge in [-0.05, 0) is 12.1 Å². The van der Waals surface area contributed by atoms with Crippen LogP contribution in [0.3, 0.4) is 0 Å². The van der Waals surface area contributed by atoms with Crippen molar-refractivity contribution in [1.82, 2.24) is 0 Å². The lowest BCUT2D eigenvalue weighted by Crippen LogP contribution is -2.11. The molecule has 0 spiro atoms. The number of rotatable bonds is 4. The second kappa shape index (κ2) is 4.97. The fourth-order valence-electron chi connectivity index (χ4n) is 0.962. The van der Waals surface area contributed by atoms with Crippen LogP contribution in [-0.2, 0) is 4.79 Å². The molecule has 15 heavy (non-hydrogen) atoms. The summed E-state index contributed by atoms with van der Waals surface area (Å²) in [5, 5.41) is 8.39. The van der Waals surface area contributed by atoms with Gasteiger partial charge in [0.2, 0.25) is 0 Å². The zero-order valence-electron chi connectivity index (χ0n) is 7.79. The average Bonchev–Trinajstić information content (AvgIpc) is 2.14. The Kier molecular flexibility index (Phi) is 3.90. The van der Waals surface area contributed by atoms with E-state index in [1.54, 1.807) is 0 Å². The van der Waals surface area contributed by atoms with Crippen molar-refractivity contribution in [3.63, 3.8) is 0 Å². The van der Waals surface area contributed by atoms with Crippen LogP contribution < -0.4 is 9.47 Å². The van der Waals surface area contributed by atoms with Crippen LogP contribution >= 0.6 is 15.9 Å². The van der Waals surface area contributed by atoms with Gasteiger partial charge in [-0.15, -0.1) is 0 Å². The van der Waals surface area contributed by atoms with Gasteiger partial charge in [0, 0.05) is 4.47 Å². The van der Waals surface area contributed by atoms with Crippen LogP contribution in [0.5, 0.6) is 11.5 Å². The van der Waals surface area contributed by atoms with Crippen molar-refractivity contribution in [2.75, 3.05) is 13.7 Å². The van der Waals surface area contributed by atoms with Gasteiger partial charge in [0.15, 0.2) is 23.9 Å². The monoisotopic (exact) mass is 278 g/mol. The maximum atomic E-state index is 13.3. The number of ether oxygens (including phenoxy) is 2. The minimum Gasteiger partial charge on any atom is -0.493 e. The second-order valence-corrected chi connectivity index (χ2v) is 3.52. The molecule has 0 heterocycles. The minimum absolute atomic E-state index is 0.142. The number of carbonyl (C=O) groups is 1. The molecule has 0 aliphatic rings. The molecule has 0 bridgehead atoms. The zero-order chi connectivity index (χ0) is 11.4. The van der Waals surface area contributed by atoms with Crippen molar-refractivity contribution in [3.05, 3.63) is 22.4 Å². The molecular formula is C9H8BrFO4. The molecule has 0 aliphatic carbocycles. The molecule has 4 nitrogen and oxygen atoms in total. The highest BCUT2D eigenvalue weighted by Gasteiger charge is 2.13. The van der Waals surface area contributed by atoms with Crippen molar-refractivity contribution >= 4 is 21.9 Å². The van der Waals surface area contributed by atoms with E-state index < -0.39 is 18.4 Å². The van der Waals surface area contributed by atoms with E-state index in [0.717, 1.165) is 0 Å². The van der Waals surface area contributed by atoms with E-state index >= 15 is 0 Å². The number of benzene rings is 1. The van der Waals surface area contributed by atoms with Crippen molar-refractivity contribution in [3.8, 4) is 11.5 Å². The largest absolute Gasteiger partial charge is 0.493 e. The fraction of sp³-hybridized carbons (Fsp3) is 0.222. The molecular weight excluding hydrogens is 271 g/mol. The highest BCUT2D eigenvalue weighted by molar-refractivity contribution is 9.10. The van der Waals surface area contributed by atoms with E-state index in [9.17, 15) is 9.18 Å². The predicted octanol–water partition coefficient (Wildman–Crippen LogP) is 2.06. The van der Waals surface area contributed by atoms with Gasteiger partial charge < -0.3 is 14.6 Å². The quantitative estimate of drug-likeness (QED) is 0.916. The first-order valence-electron chi connectivity index (χ1n) is 3.92. The Bertz CT molecular complexity index is 381. The first kappa shape index (κ1) is 11.8. The van der Waals surface area contributed by atoms with Crippen LogP contribution in [0.4, 0.5) is 4.39 Å². The van der Waals surface area contributed by atoms with Gasteiger partial charge in [0.1, 0.15) is 0 Å². The average molecular weight is 279 g/mol. The van der Waals surface area contributed by atoms with E-state index in [1.807, 2.05) is 0 Å². The summed E-state index contributed by atoms with van der Waals surface area (Å²) in [6.45, 7) is -0.616. The van der Waals surface area contributed by atoms with E-state index in [4.69, 9.17) is 14.6 Å². The third-order valence-corrected chi connectivity index (χ3v) is 1.99. The van der Waals surface area contributed by atoms with Crippen LogP contribution in [0.25, 0.3) is 0 Å². The third-order valence-electron chi connectivity index (χ3n) is 1.53. The Hall–Kier alpha value is -1.30. The number of carboxylic acids is 1. The van der Waals surface area contributed by atoms with Crippen LogP contribution in [0.1, 0.15) is 0 Å². The molecule has 1 aromatic carbocycles. The number of methoxy groups -OCH3 is 1. The molecule has 0 saturated heterocycles. The molecule has 0 fully saturated rings. The van der Waals surface area contributed by atoms with Crippen molar-refractivity contribution in [2.24, 2.45) is 0 Å². The van der Waals surface area contributed by atoms with Gasteiger partial charge in [-0.25, -0.2) is 9.18 Å². The van der Waals surface area contributed by atoms with Gasteiger partial charge in [0.25, 0.3) is 0 Å². The highest BCUT2D eigenvalue weighted by Crippen LogP contribution is 2.33. The zero-order valence-corrected chi connectivity index (χ0v) is 9.38. The van der Waals surface area contributed by atoms with E-state index in [1.165, 1.54) is 19.2 Å². The van der Waals surface area contributed by atoms with Crippen LogP contribution in [0, 0.1) is 5.82 Å². The van der Waals surface area contributed by atoms with Crippen molar-refractivity contribution in [1.29, 1.82) is 0 Å². The smallest absolute Gasteiger partial charge is 0.341 e. The fourth-order valence-corrected chi connectivity index (χ4v) is 1.37. The number of aliphatic carboxylic acids is 1. The maximum absolute atomic E-state index is 13.3. The number of carboxylic acid groups (broad SMARTS) is 1. The summed E-state index contributed by atoms with van der Waals surface area (Å²) in [5.74, 6) is -1.92. The van der Waals surface area contributed by atoms with E-state index in [-0.39, 0.29) is 11.5 Å². The summed E-state index contributed by atoms with van der Waals surface area (Å²) in [5.41, 5.74) is 0. The SMILES string of the molecule is COc1cc(Br)cc(F)c1OCC(=O)O. The van der Waals surface area contributed by atoms with Crippen LogP contribution in [0.15, 0.2) is 16.6 Å². The summed E-state index contributed by atoms with van der Waals surface area (Å²) in [6.07, 6.45) is 0. The predicted molar refractivity (Wildman–Crippen MR) is 53.8 cm³/mol. The summed E-state index contributed by atoms with van der Waals surface area (Å²) in [4.78, 5) is 10.3. The Balaban J connectivity index is 2.98. The van der Waals surface area contributed by atoms with E-state index in [0.29, 0.717) is 4.47 Å². The summed E-state index contributed by atoms with van der Waals surface area (Å²) in [6, 6.07) is 2.65. The summed E-state index contributed by atoms with van der Waals surface area (Å²) < 4.78 is 23.4. The van der Waals surface area contributed by atoms with Crippen molar-refractivity contribution in [2.45, 2.75) is 0 Å². The Labute approximate surface area is 93.7 Å². The molecule has 1 N–H and O–H groups in total. The lowest BCUT2D eigenvalue weighted by atomic mass is 10.3. The van der Waals surface area contributed by atoms with Crippen molar-refractivity contribution < 1.29 is 23.8 Å². The molecule has 1 rings (SSSR count). The first-order chi connectivity index (χ1) is 7.04. The van der Waals surface area contributed by atoms with Gasteiger partial charge in [-0.1, -0.05) is 15.9 Å². The molecule has 0 aromatic heterocycles. The molecule has 82 valence electrons. The minimum atomic E-state index is -1.18. The molecule has 6 heteroatoms. The lowest BCUT2D eigenvalue weighted by Gasteiger charge is -2.10. The lowest BCUT2D eigenvalue weighted by molar-refractivity contribution is -0.139. The maximum Gasteiger partial charge on any atom is 0.341 e. The van der Waals surface area contributed by atoms with E-state index in [2.05, 4.69) is 15.9 Å². The number of halogens is 2. The highest BCUT2D eigenvalue weighted by atomic mass is 79.9. The van der Waals surface area contributed by atoms with Crippen LogP contribution in [-0.4, -0.2) is 24.8 Å². The Morgan fingerprint density at radius 1 is 1.60 bits per heavy atom. The van der Waals surface area contributed by atoms with Gasteiger partial charge in [0.05, 0.1) is 7.11 Å². The Morgan fingerprint density at radius 3 is 2.80 bits per heavy atom.